The van der Waals surface area contributed by atoms with Crippen LogP contribution < -0.4 is 5.32 Å². The van der Waals surface area contributed by atoms with E-state index >= 15 is 0 Å². The first-order valence-electron chi connectivity index (χ1n) is 10.1. The van der Waals surface area contributed by atoms with Gasteiger partial charge in [0.15, 0.2) is 0 Å². The summed E-state index contributed by atoms with van der Waals surface area (Å²) in [6.07, 6.45) is 5.49. The monoisotopic (exact) mass is 396 g/mol. The molecule has 7 nitrogen and oxygen atoms in total. The lowest BCUT2D eigenvalue weighted by atomic mass is 10.2. The first kappa shape index (κ1) is 20.8. The van der Waals surface area contributed by atoms with Crippen LogP contribution in [0.3, 0.4) is 0 Å². The van der Waals surface area contributed by atoms with Crippen LogP contribution in [0.4, 0.5) is 10.5 Å². The maximum absolute atomic E-state index is 12.5. The Morgan fingerprint density at radius 3 is 2.52 bits per heavy atom. The number of piperazine rings is 1. The third-order valence-electron chi connectivity index (χ3n) is 4.89. The highest BCUT2D eigenvalue weighted by atomic mass is 16.5. The Bertz CT molecular complexity index is 787. The van der Waals surface area contributed by atoms with Crippen molar-refractivity contribution in [2.24, 2.45) is 0 Å². The van der Waals surface area contributed by atoms with Gasteiger partial charge in [0.2, 0.25) is 0 Å². The van der Waals surface area contributed by atoms with Gasteiger partial charge in [-0.25, -0.2) is 9.59 Å². The summed E-state index contributed by atoms with van der Waals surface area (Å²) in [5.41, 5.74) is 2.33. The van der Waals surface area contributed by atoms with E-state index < -0.39 is 0 Å². The minimum Gasteiger partial charge on any atom is -0.462 e. The number of urea groups is 1. The number of nitrogens with zero attached hydrogens (tertiary/aromatic N) is 3. The number of benzene rings is 1. The normalized spacial score (nSPS) is 14.4. The van der Waals surface area contributed by atoms with Crippen molar-refractivity contribution in [1.82, 2.24) is 14.8 Å². The van der Waals surface area contributed by atoms with Crippen LogP contribution in [-0.4, -0.2) is 59.6 Å². The van der Waals surface area contributed by atoms with E-state index in [-0.39, 0.29) is 12.0 Å². The van der Waals surface area contributed by atoms with Gasteiger partial charge < -0.3 is 15.0 Å². The number of unbranched alkanes of at least 4 members (excludes halogenated alkanes) is 1. The summed E-state index contributed by atoms with van der Waals surface area (Å²) >= 11 is 0. The molecular formula is C22H28N4O3. The number of carbonyl (C=O) groups excluding carboxylic acids is 2. The molecule has 1 N–H and O–H groups in total. The number of amides is 2. The average Bonchev–Trinajstić information content (AvgIpc) is 2.75. The zero-order valence-electron chi connectivity index (χ0n) is 16.8. The molecule has 1 saturated heterocycles. The molecule has 0 radical (unpaired) electrons. The second-order valence-electron chi connectivity index (χ2n) is 7.12. The predicted molar refractivity (Wildman–Crippen MR) is 112 cm³/mol. The van der Waals surface area contributed by atoms with Crippen molar-refractivity contribution in [3.63, 3.8) is 0 Å². The number of hydrogen-bond acceptors (Lipinski definition) is 5. The summed E-state index contributed by atoms with van der Waals surface area (Å²) in [7, 11) is 0. The lowest BCUT2D eigenvalue weighted by molar-refractivity contribution is 0.0500. The summed E-state index contributed by atoms with van der Waals surface area (Å²) in [6, 6.07) is 10.7. The van der Waals surface area contributed by atoms with Crippen molar-refractivity contribution < 1.29 is 14.3 Å². The molecule has 1 aromatic heterocycles. The van der Waals surface area contributed by atoms with Gasteiger partial charge >= 0.3 is 12.0 Å². The third kappa shape index (κ3) is 6.29. The molecule has 0 spiro atoms. The van der Waals surface area contributed by atoms with Crippen molar-refractivity contribution in [2.45, 2.75) is 26.3 Å². The molecule has 29 heavy (non-hydrogen) atoms. The van der Waals surface area contributed by atoms with Crippen LogP contribution in [0, 0.1) is 0 Å². The minimum absolute atomic E-state index is 0.121. The van der Waals surface area contributed by atoms with Crippen LogP contribution in [0.2, 0.25) is 0 Å². The Balaban J connectivity index is 1.44. The molecule has 2 aromatic rings. The number of anilines is 1. The highest BCUT2D eigenvalue weighted by Gasteiger charge is 2.21. The molecule has 154 valence electrons. The van der Waals surface area contributed by atoms with Crippen molar-refractivity contribution in [2.75, 3.05) is 38.1 Å². The standard InChI is InChI=1S/C22H28N4O3/c1-2-3-15-29-21(27)19-6-8-20(9-7-19)24-22(28)26-13-11-25(12-14-26)17-18-5-4-10-23-16-18/h4-10,16H,2-3,11-15,17H2,1H3,(H,24,28). The number of esters is 1. The molecule has 7 heteroatoms. The molecule has 0 bridgehead atoms. The molecule has 0 saturated carbocycles. The van der Waals surface area contributed by atoms with E-state index in [2.05, 4.69) is 21.3 Å². The Morgan fingerprint density at radius 1 is 1.10 bits per heavy atom. The van der Waals surface area contributed by atoms with E-state index in [4.69, 9.17) is 4.74 Å². The quantitative estimate of drug-likeness (QED) is 0.574. The van der Waals surface area contributed by atoms with Gasteiger partial charge in [0.05, 0.1) is 12.2 Å². The van der Waals surface area contributed by atoms with Crippen LogP contribution in [-0.2, 0) is 11.3 Å². The Labute approximate surface area is 171 Å². The predicted octanol–water partition coefficient (Wildman–Crippen LogP) is 3.39. The molecule has 3 rings (SSSR count). The van der Waals surface area contributed by atoms with Gasteiger partial charge in [0.1, 0.15) is 0 Å². The van der Waals surface area contributed by atoms with Gasteiger partial charge in [-0.1, -0.05) is 19.4 Å². The molecule has 2 amide bonds. The fourth-order valence-electron chi connectivity index (χ4n) is 3.14. The van der Waals surface area contributed by atoms with Crippen molar-refractivity contribution in [3.05, 3.63) is 59.9 Å². The molecule has 1 aromatic carbocycles. The first-order valence-corrected chi connectivity index (χ1v) is 10.1. The summed E-state index contributed by atoms with van der Waals surface area (Å²) in [6.45, 7) is 6.32. The van der Waals surface area contributed by atoms with Crippen LogP contribution in [0.15, 0.2) is 48.8 Å². The minimum atomic E-state index is -0.332. The molecule has 1 fully saturated rings. The summed E-state index contributed by atoms with van der Waals surface area (Å²) in [5, 5.41) is 2.90. The Kier molecular flexibility index (Phi) is 7.58. The fourth-order valence-corrected chi connectivity index (χ4v) is 3.14. The van der Waals surface area contributed by atoms with Crippen molar-refractivity contribution in [3.8, 4) is 0 Å². The van der Waals surface area contributed by atoms with E-state index in [0.29, 0.717) is 30.9 Å². The van der Waals surface area contributed by atoms with Crippen LogP contribution in [0.1, 0.15) is 35.7 Å². The summed E-state index contributed by atoms with van der Waals surface area (Å²) in [4.78, 5) is 32.7. The van der Waals surface area contributed by atoms with Gasteiger partial charge in [-0.2, -0.15) is 0 Å². The molecule has 0 unspecified atom stereocenters. The molecule has 0 atom stereocenters. The first-order chi connectivity index (χ1) is 14.2. The van der Waals surface area contributed by atoms with Gasteiger partial charge in [0, 0.05) is 50.8 Å². The molecule has 1 aliphatic heterocycles. The SMILES string of the molecule is CCCCOC(=O)c1ccc(NC(=O)N2CCN(Cc3cccnc3)CC2)cc1. The average molecular weight is 396 g/mol. The van der Waals surface area contributed by atoms with Gasteiger partial charge in [-0.15, -0.1) is 0 Å². The van der Waals surface area contributed by atoms with Crippen LogP contribution in [0.25, 0.3) is 0 Å². The Morgan fingerprint density at radius 2 is 1.86 bits per heavy atom. The van der Waals surface area contributed by atoms with E-state index in [0.717, 1.165) is 32.5 Å². The van der Waals surface area contributed by atoms with Gasteiger partial charge in [-0.05, 0) is 42.3 Å². The summed E-state index contributed by atoms with van der Waals surface area (Å²) < 4.78 is 5.19. The van der Waals surface area contributed by atoms with E-state index in [9.17, 15) is 9.59 Å². The number of carbonyl (C=O) groups is 2. The highest BCUT2D eigenvalue weighted by Crippen LogP contribution is 2.13. The zero-order chi connectivity index (χ0) is 20.5. The fraction of sp³-hybridized carbons (Fsp3) is 0.409. The highest BCUT2D eigenvalue weighted by molar-refractivity contribution is 5.92. The van der Waals surface area contributed by atoms with Crippen molar-refractivity contribution >= 4 is 17.7 Å². The van der Waals surface area contributed by atoms with Crippen LogP contribution in [0.5, 0.6) is 0 Å². The number of hydrogen-bond donors (Lipinski definition) is 1. The number of aromatic nitrogens is 1. The second kappa shape index (κ2) is 10.6. The maximum atomic E-state index is 12.5. The van der Waals surface area contributed by atoms with Gasteiger partial charge in [-0.3, -0.25) is 9.88 Å². The number of nitrogens with one attached hydrogen (secondary N) is 1. The second-order valence-corrected chi connectivity index (χ2v) is 7.12. The number of ether oxygens (including phenoxy) is 1. The van der Waals surface area contributed by atoms with Crippen LogP contribution >= 0.6 is 0 Å². The van der Waals surface area contributed by atoms with Gasteiger partial charge in [0.25, 0.3) is 0 Å². The topological polar surface area (TPSA) is 74.8 Å². The van der Waals surface area contributed by atoms with E-state index in [1.807, 2.05) is 24.1 Å². The molecule has 1 aliphatic rings. The molecular weight excluding hydrogens is 368 g/mol. The third-order valence-corrected chi connectivity index (χ3v) is 4.89. The zero-order valence-corrected chi connectivity index (χ0v) is 16.8. The lowest BCUT2D eigenvalue weighted by Gasteiger charge is -2.34. The molecule has 2 heterocycles. The van der Waals surface area contributed by atoms with E-state index in [1.54, 1.807) is 30.5 Å². The number of pyridine rings is 1. The van der Waals surface area contributed by atoms with Crippen molar-refractivity contribution in [1.29, 1.82) is 0 Å². The lowest BCUT2D eigenvalue weighted by Crippen LogP contribution is -2.49. The largest absolute Gasteiger partial charge is 0.462 e. The Hall–Kier alpha value is -2.93. The smallest absolute Gasteiger partial charge is 0.338 e. The molecule has 0 aliphatic carbocycles. The van der Waals surface area contributed by atoms with E-state index in [1.165, 1.54) is 5.56 Å². The maximum Gasteiger partial charge on any atom is 0.338 e. The summed E-state index contributed by atoms with van der Waals surface area (Å²) in [5.74, 6) is -0.332. The number of rotatable bonds is 7.